The van der Waals surface area contributed by atoms with Crippen molar-refractivity contribution in [3.8, 4) is 0 Å². The Bertz CT molecular complexity index is 621. The normalized spacial score (nSPS) is 16.2. The number of nitrogens with one attached hydrogen (secondary N) is 2. The SMILES string of the molecule is CN=C(NCCCCn1ccccc1=O)NCC1(CC(C)C)CCCC1.I. The first-order valence-corrected chi connectivity index (χ1v) is 10.1. The number of hydrogen-bond donors (Lipinski definition) is 2. The van der Waals surface area contributed by atoms with Crippen molar-refractivity contribution in [1.29, 1.82) is 0 Å². The molecule has 1 aromatic rings. The van der Waals surface area contributed by atoms with Crippen LogP contribution in [-0.4, -0.2) is 30.7 Å². The maximum atomic E-state index is 11.7. The molecule has 27 heavy (non-hydrogen) atoms. The molecule has 0 aromatic carbocycles. The van der Waals surface area contributed by atoms with E-state index in [-0.39, 0.29) is 29.5 Å². The zero-order valence-corrected chi connectivity index (χ0v) is 19.5. The predicted octanol–water partition coefficient (Wildman–Crippen LogP) is 4.02. The van der Waals surface area contributed by atoms with Crippen LogP contribution in [0.4, 0.5) is 0 Å². The zero-order valence-electron chi connectivity index (χ0n) is 17.2. The Labute approximate surface area is 181 Å². The minimum absolute atomic E-state index is 0. The summed E-state index contributed by atoms with van der Waals surface area (Å²) in [4.78, 5) is 16.0. The van der Waals surface area contributed by atoms with E-state index in [1.54, 1.807) is 16.7 Å². The van der Waals surface area contributed by atoms with E-state index in [9.17, 15) is 4.79 Å². The second-order valence-electron chi connectivity index (χ2n) is 8.10. The molecule has 0 atom stereocenters. The summed E-state index contributed by atoms with van der Waals surface area (Å²) >= 11 is 0. The molecule has 2 rings (SSSR count). The van der Waals surface area contributed by atoms with E-state index < -0.39 is 0 Å². The number of hydrogen-bond acceptors (Lipinski definition) is 2. The topological polar surface area (TPSA) is 58.4 Å². The van der Waals surface area contributed by atoms with E-state index in [0.717, 1.165) is 44.4 Å². The van der Waals surface area contributed by atoms with E-state index >= 15 is 0 Å². The van der Waals surface area contributed by atoms with Crippen molar-refractivity contribution < 1.29 is 0 Å². The molecule has 5 nitrogen and oxygen atoms in total. The minimum atomic E-state index is 0. The van der Waals surface area contributed by atoms with Crippen molar-refractivity contribution in [3.63, 3.8) is 0 Å². The van der Waals surface area contributed by atoms with Gasteiger partial charge in [0.2, 0.25) is 5.56 Å². The molecule has 1 heterocycles. The summed E-state index contributed by atoms with van der Waals surface area (Å²) in [6.45, 7) is 7.31. The molecule has 0 amide bonds. The van der Waals surface area contributed by atoms with Gasteiger partial charge < -0.3 is 15.2 Å². The van der Waals surface area contributed by atoms with E-state index in [1.165, 1.54) is 32.1 Å². The standard InChI is InChI=1S/C21H36N4O.HI/c1-18(2)16-21(11-5-6-12-21)17-24-20(22-3)23-13-7-9-15-25-14-8-4-10-19(25)26;/h4,8,10,14,18H,5-7,9,11-13,15-17H2,1-3H3,(H2,22,23,24);1H. The maximum Gasteiger partial charge on any atom is 0.250 e. The van der Waals surface area contributed by atoms with E-state index in [1.807, 2.05) is 19.3 Å². The average molecular weight is 488 g/mol. The molecule has 0 aliphatic heterocycles. The zero-order chi connectivity index (χ0) is 18.8. The van der Waals surface area contributed by atoms with Crippen molar-refractivity contribution in [2.24, 2.45) is 16.3 Å². The van der Waals surface area contributed by atoms with Crippen LogP contribution in [0, 0.1) is 11.3 Å². The second kappa shape index (κ2) is 12.4. The van der Waals surface area contributed by atoms with E-state index in [0.29, 0.717) is 5.41 Å². The van der Waals surface area contributed by atoms with Gasteiger partial charge in [-0.1, -0.05) is 32.8 Å². The Kier molecular flexibility index (Phi) is 11.0. The molecule has 6 heteroatoms. The fourth-order valence-corrected chi connectivity index (χ4v) is 4.20. The summed E-state index contributed by atoms with van der Waals surface area (Å²) in [7, 11) is 1.84. The molecule has 0 spiro atoms. The van der Waals surface area contributed by atoms with Gasteiger partial charge in [-0.05, 0) is 49.5 Å². The van der Waals surface area contributed by atoms with Crippen LogP contribution in [0.25, 0.3) is 0 Å². The molecule has 1 fully saturated rings. The lowest BCUT2D eigenvalue weighted by Crippen LogP contribution is -2.43. The molecule has 2 N–H and O–H groups in total. The van der Waals surface area contributed by atoms with Gasteiger partial charge in [0.1, 0.15) is 0 Å². The average Bonchev–Trinajstić information content (AvgIpc) is 3.06. The van der Waals surface area contributed by atoms with Crippen molar-refractivity contribution in [3.05, 3.63) is 34.7 Å². The van der Waals surface area contributed by atoms with Crippen LogP contribution >= 0.6 is 24.0 Å². The number of pyridine rings is 1. The Morgan fingerprint density at radius 2 is 1.96 bits per heavy atom. The molecule has 0 unspecified atom stereocenters. The highest BCUT2D eigenvalue weighted by atomic mass is 127. The number of aromatic nitrogens is 1. The van der Waals surface area contributed by atoms with Gasteiger partial charge in [0.25, 0.3) is 0 Å². The third-order valence-corrected chi connectivity index (χ3v) is 5.38. The number of unbranched alkanes of at least 4 members (excludes halogenated alkanes) is 1. The van der Waals surface area contributed by atoms with Crippen LogP contribution in [-0.2, 0) is 6.54 Å². The Morgan fingerprint density at radius 1 is 1.22 bits per heavy atom. The van der Waals surface area contributed by atoms with Gasteiger partial charge in [-0.3, -0.25) is 9.79 Å². The maximum absolute atomic E-state index is 11.7. The van der Waals surface area contributed by atoms with Crippen LogP contribution in [0.5, 0.6) is 0 Å². The third-order valence-electron chi connectivity index (χ3n) is 5.38. The highest BCUT2D eigenvalue weighted by molar-refractivity contribution is 14.0. The van der Waals surface area contributed by atoms with Gasteiger partial charge in [-0.25, -0.2) is 0 Å². The smallest absolute Gasteiger partial charge is 0.250 e. The first-order valence-electron chi connectivity index (χ1n) is 10.1. The fourth-order valence-electron chi connectivity index (χ4n) is 4.20. The molecule has 0 saturated heterocycles. The van der Waals surface area contributed by atoms with E-state index in [2.05, 4.69) is 29.5 Å². The lowest BCUT2D eigenvalue weighted by atomic mass is 9.78. The van der Waals surface area contributed by atoms with E-state index in [4.69, 9.17) is 0 Å². The first-order chi connectivity index (χ1) is 12.5. The van der Waals surface area contributed by atoms with Crippen molar-refractivity contribution in [2.45, 2.75) is 65.3 Å². The number of aryl methyl sites for hydroxylation is 1. The van der Waals surface area contributed by atoms with Gasteiger partial charge in [-0.15, -0.1) is 24.0 Å². The van der Waals surface area contributed by atoms with Crippen LogP contribution in [0.2, 0.25) is 0 Å². The van der Waals surface area contributed by atoms with Crippen LogP contribution in [0.1, 0.15) is 58.8 Å². The van der Waals surface area contributed by atoms with Crippen molar-refractivity contribution >= 4 is 29.9 Å². The predicted molar refractivity (Wildman–Crippen MR) is 125 cm³/mol. The van der Waals surface area contributed by atoms with Gasteiger partial charge in [0.05, 0.1) is 0 Å². The minimum Gasteiger partial charge on any atom is -0.356 e. The Morgan fingerprint density at radius 3 is 2.59 bits per heavy atom. The molecule has 0 bridgehead atoms. The fraction of sp³-hybridized carbons (Fsp3) is 0.714. The number of nitrogens with zero attached hydrogens (tertiary/aromatic N) is 2. The van der Waals surface area contributed by atoms with Crippen LogP contribution in [0.3, 0.4) is 0 Å². The highest BCUT2D eigenvalue weighted by Gasteiger charge is 2.34. The molecule has 1 saturated carbocycles. The number of guanidine groups is 1. The number of rotatable bonds is 9. The Balaban J connectivity index is 0.00000364. The summed E-state index contributed by atoms with van der Waals surface area (Å²) in [6.07, 6.45) is 10.5. The molecule has 1 aliphatic carbocycles. The molecule has 154 valence electrons. The summed E-state index contributed by atoms with van der Waals surface area (Å²) in [5.41, 5.74) is 0.519. The highest BCUT2D eigenvalue weighted by Crippen LogP contribution is 2.42. The summed E-state index contributed by atoms with van der Waals surface area (Å²) in [5, 5.41) is 6.98. The third kappa shape index (κ3) is 8.23. The summed E-state index contributed by atoms with van der Waals surface area (Å²) in [5.74, 6) is 1.64. The van der Waals surface area contributed by atoms with Crippen LogP contribution < -0.4 is 16.2 Å². The quantitative estimate of drug-likeness (QED) is 0.239. The largest absolute Gasteiger partial charge is 0.356 e. The molecular weight excluding hydrogens is 451 g/mol. The monoisotopic (exact) mass is 488 g/mol. The summed E-state index contributed by atoms with van der Waals surface area (Å²) in [6, 6.07) is 5.30. The molecule has 0 radical (unpaired) electrons. The summed E-state index contributed by atoms with van der Waals surface area (Å²) < 4.78 is 1.77. The first kappa shape index (κ1) is 24.0. The van der Waals surface area contributed by atoms with Crippen molar-refractivity contribution in [2.75, 3.05) is 20.1 Å². The molecular formula is C21H37IN4O. The van der Waals surface area contributed by atoms with Gasteiger partial charge >= 0.3 is 0 Å². The Hall–Kier alpha value is -1.05. The lowest BCUT2D eigenvalue weighted by Gasteiger charge is -2.32. The van der Waals surface area contributed by atoms with Gasteiger partial charge in [0.15, 0.2) is 5.96 Å². The van der Waals surface area contributed by atoms with Gasteiger partial charge in [0, 0.05) is 38.9 Å². The molecule has 1 aliphatic rings. The molecule has 1 aromatic heterocycles. The number of aliphatic imine (C=N–C) groups is 1. The second-order valence-corrected chi connectivity index (χ2v) is 8.10. The van der Waals surface area contributed by atoms with Crippen molar-refractivity contribution in [1.82, 2.24) is 15.2 Å². The number of halogens is 1. The van der Waals surface area contributed by atoms with Crippen LogP contribution in [0.15, 0.2) is 34.2 Å². The van der Waals surface area contributed by atoms with Gasteiger partial charge in [-0.2, -0.15) is 0 Å². The lowest BCUT2D eigenvalue weighted by molar-refractivity contribution is 0.235.